The van der Waals surface area contributed by atoms with E-state index in [1.165, 1.54) is 4.90 Å². The lowest BCUT2D eigenvalue weighted by atomic mass is 10.1. The van der Waals surface area contributed by atoms with Gasteiger partial charge in [0.15, 0.2) is 0 Å². The van der Waals surface area contributed by atoms with Crippen LogP contribution >= 0.6 is 0 Å². The first-order chi connectivity index (χ1) is 10.0. The number of amides is 1. The number of nitro groups is 1. The van der Waals surface area contributed by atoms with Crippen molar-refractivity contribution in [1.29, 1.82) is 0 Å². The highest BCUT2D eigenvalue weighted by Gasteiger charge is 2.27. The molecule has 1 aromatic rings. The largest absolute Gasteiger partial charge is 0.395 e. The van der Waals surface area contributed by atoms with Gasteiger partial charge >= 0.3 is 0 Å². The fourth-order valence-electron chi connectivity index (χ4n) is 2.32. The van der Waals surface area contributed by atoms with E-state index in [2.05, 4.69) is 0 Å². The summed E-state index contributed by atoms with van der Waals surface area (Å²) in [5.74, 6) is -1.21. The van der Waals surface area contributed by atoms with Gasteiger partial charge in [0.1, 0.15) is 11.4 Å². The molecule has 8 heteroatoms. The summed E-state index contributed by atoms with van der Waals surface area (Å²) in [6.07, 6.45) is 0. The molecule has 7 nitrogen and oxygen atoms in total. The molecule has 0 radical (unpaired) electrons. The highest BCUT2D eigenvalue weighted by Crippen LogP contribution is 2.22. The molecule has 0 unspecified atom stereocenters. The summed E-state index contributed by atoms with van der Waals surface area (Å²) in [6.45, 7) is 2.64. The smallest absolute Gasteiger partial charge is 0.285 e. The summed E-state index contributed by atoms with van der Waals surface area (Å²) in [6, 6.07) is 2.95. The lowest BCUT2D eigenvalue weighted by Gasteiger charge is -2.34. The third-order valence-corrected chi connectivity index (χ3v) is 3.46. The van der Waals surface area contributed by atoms with E-state index in [1.54, 1.807) is 0 Å². The van der Waals surface area contributed by atoms with Gasteiger partial charge in [-0.1, -0.05) is 0 Å². The van der Waals surface area contributed by atoms with Gasteiger partial charge in [0.05, 0.1) is 17.6 Å². The molecule has 1 N–H and O–H groups in total. The maximum absolute atomic E-state index is 13.1. The maximum Gasteiger partial charge on any atom is 0.285 e. The van der Waals surface area contributed by atoms with Crippen LogP contribution in [0.1, 0.15) is 10.4 Å². The van der Waals surface area contributed by atoms with Crippen molar-refractivity contribution in [2.75, 3.05) is 39.3 Å². The van der Waals surface area contributed by atoms with Gasteiger partial charge in [-0.3, -0.25) is 19.8 Å². The molecule has 1 aliphatic heterocycles. The predicted molar refractivity (Wildman–Crippen MR) is 72.5 cm³/mol. The Morgan fingerprint density at radius 1 is 1.33 bits per heavy atom. The quantitative estimate of drug-likeness (QED) is 0.645. The Balaban J connectivity index is 2.13. The zero-order valence-electron chi connectivity index (χ0n) is 11.4. The van der Waals surface area contributed by atoms with Crippen LogP contribution < -0.4 is 0 Å². The van der Waals surface area contributed by atoms with Crippen LogP contribution in [-0.4, -0.2) is 65.1 Å². The Hall–Kier alpha value is -2.06. The van der Waals surface area contributed by atoms with E-state index >= 15 is 0 Å². The van der Waals surface area contributed by atoms with E-state index in [0.717, 1.165) is 18.2 Å². The van der Waals surface area contributed by atoms with Crippen molar-refractivity contribution >= 4 is 11.6 Å². The summed E-state index contributed by atoms with van der Waals surface area (Å²) in [5.41, 5.74) is -0.616. The lowest BCUT2D eigenvalue weighted by Crippen LogP contribution is -2.49. The molecular formula is C13H16FN3O4. The molecule has 1 amide bonds. The first-order valence-electron chi connectivity index (χ1n) is 6.59. The topological polar surface area (TPSA) is 86.9 Å². The number of β-amino-alcohol motifs (C(OH)–C–C–N with tert-alkyl or cyclic N) is 1. The van der Waals surface area contributed by atoms with Crippen LogP contribution in [0.3, 0.4) is 0 Å². The van der Waals surface area contributed by atoms with Gasteiger partial charge in [-0.15, -0.1) is 0 Å². The molecule has 0 aromatic heterocycles. The third kappa shape index (κ3) is 3.53. The molecule has 2 rings (SSSR count). The highest BCUT2D eigenvalue weighted by atomic mass is 19.1. The van der Waals surface area contributed by atoms with Crippen LogP contribution in [-0.2, 0) is 0 Å². The fourth-order valence-corrected chi connectivity index (χ4v) is 2.32. The van der Waals surface area contributed by atoms with Gasteiger partial charge in [-0.2, -0.15) is 0 Å². The fraction of sp³-hybridized carbons (Fsp3) is 0.462. The van der Waals surface area contributed by atoms with Gasteiger partial charge in [-0.25, -0.2) is 4.39 Å². The van der Waals surface area contributed by atoms with Crippen LogP contribution in [0.25, 0.3) is 0 Å². The standard InChI is InChI=1S/C13H16FN3O4/c14-10-1-2-11(12(9-10)17(20)21)13(19)16-5-3-15(4-6-16)7-8-18/h1-2,9,18H,3-8H2. The van der Waals surface area contributed by atoms with Crippen LogP contribution in [0.2, 0.25) is 0 Å². The number of piperazine rings is 1. The van der Waals surface area contributed by atoms with Crippen LogP contribution in [0.15, 0.2) is 18.2 Å². The summed E-state index contributed by atoms with van der Waals surface area (Å²) in [7, 11) is 0. The number of benzene rings is 1. The molecule has 1 heterocycles. The summed E-state index contributed by atoms with van der Waals surface area (Å²) < 4.78 is 13.1. The maximum atomic E-state index is 13.1. The number of halogens is 1. The minimum Gasteiger partial charge on any atom is -0.395 e. The number of aliphatic hydroxyl groups excluding tert-OH is 1. The van der Waals surface area contributed by atoms with Crippen molar-refractivity contribution in [2.24, 2.45) is 0 Å². The number of nitrogens with zero attached hydrogens (tertiary/aromatic N) is 3. The molecule has 21 heavy (non-hydrogen) atoms. The Bertz CT molecular complexity index is 544. The van der Waals surface area contributed by atoms with Crippen LogP contribution in [0.5, 0.6) is 0 Å². The van der Waals surface area contributed by atoms with E-state index in [-0.39, 0.29) is 12.2 Å². The minimum atomic E-state index is -0.752. The molecule has 1 aromatic carbocycles. The highest BCUT2D eigenvalue weighted by molar-refractivity contribution is 5.98. The number of hydrogen-bond donors (Lipinski definition) is 1. The summed E-state index contributed by atoms with van der Waals surface area (Å²) in [5, 5.41) is 19.8. The Kier molecular flexibility index (Phi) is 4.81. The SMILES string of the molecule is O=C(c1ccc(F)cc1[N+](=O)[O-])N1CCN(CCO)CC1. The first-order valence-corrected chi connectivity index (χ1v) is 6.59. The van der Waals surface area contributed by atoms with E-state index in [9.17, 15) is 19.3 Å². The van der Waals surface area contributed by atoms with Gasteiger partial charge in [0.25, 0.3) is 11.6 Å². The number of hydrogen-bond acceptors (Lipinski definition) is 5. The van der Waals surface area contributed by atoms with Gasteiger partial charge in [0.2, 0.25) is 0 Å². The molecule has 0 spiro atoms. The zero-order valence-corrected chi connectivity index (χ0v) is 11.4. The number of carbonyl (C=O) groups excluding carboxylic acids is 1. The third-order valence-electron chi connectivity index (χ3n) is 3.46. The van der Waals surface area contributed by atoms with E-state index in [4.69, 9.17) is 5.11 Å². The van der Waals surface area contributed by atoms with Crippen molar-refractivity contribution in [3.63, 3.8) is 0 Å². The van der Waals surface area contributed by atoms with Crippen molar-refractivity contribution in [3.05, 3.63) is 39.7 Å². The Morgan fingerprint density at radius 2 is 2.00 bits per heavy atom. The van der Waals surface area contributed by atoms with Crippen molar-refractivity contribution in [2.45, 2.75) is 0 Å². The molecule has 1 aliphatic rings. The van der Waals surface area contributed by atoms with E-state index < -0.39 is 22.3 Å². The van der Waals surface area contributed by atoms with Gasteiger partial charge in [-0.05, 0) is 12.1 Å². The second-order valence-electron chi connectivity index (χ2n) is 4.78. The second kappa shape index (κ2) is 6.59. The van der Waals surface area contributed by atoms with Crippen LogP contribution in [0.4, 0.5) is 10.1 Å². The predicted octanol–water partition coefficient (Wildman–Crippen LogP) is 0.484. The first kappa shape index (κ1) is 15.3. The van der Waals surface area contributed by atoms with E-state index in [0.29, 0.717) is 32.7 Å². The minimum absolute atomic E-state index is 0.0530. The Labute approximate surface area is 120 Å². The molecule has 1 fully saturated rings. The molecule has 114 valence electrons. The number of rotatable bonds is 4. The number of carbonyl (C=O) groups is 1. The van der Waals surface area contributed by atoms with E-state index in [1.807, 2.05) is 4.90 Å². The molecule has 0 atom stereocenters. The summed E-state index contributed by atoms with van der Waals surface area (Å²) >= 11 is 0. The molecule has 0 saturated carbocycles. The average Bonchev–Trinajstić information content (AvgIpc) is 2.47. The Morgan fingerprint density at radius 3 is 2.57 bits per heavy atom. The number of nitro benzene ring substituents is 1. The second-order valence-corrected chi connectivity index (χ2v) is 4.78. The monoisotopic (exact) mass is 297 g/mol. The zero-order chi connectivity index (χ0) is 15.4. The van der Waals surface area contributed by atoms with Crippen molar-refractivity contribution in [1.82, 2.24) is 9.80 Å². The molecule has 0 aliphatic carbocycles. The van der Waals surface area contributed by atoms with Gasteiger partial charge in [0, 0.05) is 32.7 Å². The average molecular weight is 297 g/mol. The van der Waals surface area contributed by atoms with Crippen molar-refractivity contribution < 1.29 is 19.2 Å². The number of aliphatic hydroxyl groups is 1. The normalized spacial score (nSPS) is 16.0. The lowest BCUT2D eigenvalue weighted by molar-refractivity contribution is -0.385. The molecule has 0 bridgehead atoms. The van der Waals surface area contributed by atoms with Gasteiger partial charge < -0.3 is 10.0 Å². The molecular weight excluding hydrogens is 281 g/mol. The van der Waals surface area contributed by atoms with Crippen LogP contribution in [0, 0.1) is 15.9 Å². The summed E-state index contributed by atoms with van der Waals surface area (Å²) in [4.78, 5) is 26.0. The van der Waals surface area contributed by atoms with Crippen molar-refractivity contribution in [3.8, 4) is 0 Å². The molecule has 1 saturated heterocycles.